The minimum atomic E-state index is -0.764. The van der Waals surface area contributed by atoms with Gasteiger partial charge in [0.05, 0.1) is 13.5 Å². The predicted molar refractivity (Wildman–Crippen MR) is 146 cm³/mol. The van der Waals surface area contributed by atoms with Crippen molar-refractivity contribution in [1.29, 1.82) is 0 Å². The molecule has 6 heteroatoms. The maximum atomic E-state index is 15.0. The molecule has 2 saturated carbocycles. The van der Waals surface area contributed by atoms with Crippen LogP contribution in [-0.4, -0.2) is 37.2 Å². The Labute approximate surface area is 224 Å². The van der Waals surface area contributed by atoms with Gasteiger partial charge < -0.3 is 19.5 Å². The lowest BCUT2D eigenvalue weighted by atomic mass is 9.90. The van der Waals surface area contributed by atoms with Crippen LogP contribution in [0.1, 0.15) is 60.8 Å². The van der Waals surface area contributed by atoms with Crippen LogP contribution in [0.3, 0.4) is 0 Å². The van der Waals surface area contributed by atoms with E-state index in [1.54, 1.807) is 19.2 Å². The number of carboxylic acid groups (broad SMARTS) is 1. The summed E-state index contributed by atoms with van der Waals surface area (Å²) in [6.07, 6.45) is 4.64. The van der Waals surface area contributed by atoms with Gasteiger partial charge in [-0.3, -0.25) is 4.79 Å². The van der Waals surface area contributed by atoms with Crippen LogP contribution in [0.15, 0.2) is 60.7 Å². The highest BCUT2D eigenvalue weighted by Crippen LogP contribution is 2.47. The highest BCUT2D eigenvalue weighted by molar-refractivity contribution is 5.71. The van der Waals surface area contributed by atoms with E-state index in [0.29, 0.717) is 29.8 Å². The average Bonchev–Trinajstić information content (AvgIpc) is 3.82. The summed E-state index contributed by atoms with van der Waals surface area (Å²) in [5, 5.41) is 9.38. The van der Waals surface area contributed by atoms with Crippen molar-refractivity contribution >= 4 is 5.97 Å². The lowest BCUT2D eigenvalue weighted by Gasteiger charge is -2.28. The molecule has 0 aromatic heterocycles. The zero-order valence-electron chi connectivity index (χ0n) is 22.3. The summed E-state index contributed by atoms with van der Waals surface area (Å²) in [4.78, 5) is 13.6. The Balaban J connectivity index is 1.43. The van der Waals surface area contributed by atoms with Crippen LogP contribution in [-0.2, 0) is 11.4 Å². The molecule has 5 nitrogen and oxygen atoms in total. The normalized spacial score (nSPS) is 16.8. The molecular formula is C32H36FNO4. The van der Waals surface area contributed by atoms with Crippen LogP contribution >= 0.6 is 0 Å². The number of carboxylic acids is 1. The molecule has 2 atom stereocenters. The van der Waals surface area contributed by atoms with Gasteiger partial charge in [-0.15, -0.1) is 0 Å². The first-order valence-corrected chi connectivity index (χ1v) is 13.4. The zero-order chi connectivity index (χ0) is 26.8. The minimum Gasteiger partial charge on any atom is -0.497 e. The molecule has 5 rings (SSSR count). The van der Waals surface area contributed by atoms with Crippen LogP contribution in [0.4, 0.5) is 4.39 Å². The molecule has 2 aliphatic carbocycles. The van der Waals surface area contributed by atoms with Crippen molar-refractivity contribution in [3.05, 3.63) is 83.2 Å². The predicted octanol–water partition coefficient (Wildman–Crippen LogP) is 7.06. The van der Waals surface area contributed by atoms with E-state index in [2.05, 4.69) is 25.1 Å². The highest BCUT2D eigenvalue weighted by Gasteiger charge is 2.36. The van der Waals surface area contributed by atoms with E-state index in [0.717, 1.165) is 53.7 Å². The van der Waals surface area contributed by atoms with E-state index in [1.165, 1.54) is 6.07 Å². The molecular weight excluding hydrogens is 481 g/mol. The second kappa shape index (κ2) is 11.2. The van der Waals surface area contributed by atoms with Gasteiger partial charge in [-0.25, -0.2) is 4.39 Å². The molecule has 0 saturated heterocycles. The van der Waals surface area contributed by atoms with Crippen LogP contribution in [0.2, 0.25) is 0 Å². The van der Waals surface area contributed by atoms with Crippen molar-refractivity contribution in [3.63, 3.8) is 0 Å². The van der Waals surface area contributed by atoms with Gasteiger partial charge in [-0.05, 0) is 110 Å². The first kappa shape index (κ1) is 26.2. The molecule has 0 aliphatic heterocycles. The van der Waals surface area contributed by atoms with Gasteiger partial charge in [0.1, 0.15) is 23.9 Å². The van der Waals surface area contributed by atoms with Gasteiger partial charge in [0, 0.05) is 11.6 Å². The maximum absolute atomic E-state index is 15.0. The average molecular weight is 518 g/mol. The summed E-state index contributed by atoms with van der Waals surface area (Å²) in [5.41, 5.74) is 4.54. The first-order valence-electron chi connectivity index (χ1n) is 13.4. The van der Waals surface area contributed by atoms with E-state index in [4.69, 9.17) is 9.47 Å². The Morgan fingerprint density at radius 1 is 0.974 bits per heavy atom. The van der Waals surface area contributed by atoms with Gasteiger partial charge >= 0.3 is 5.97 Å². The van der Waals surface area contributed by atoms with E-state index in [9.17, 15) is 9.90 Å². The Kier molecular flexibility index (Phi) is 7.70. The summed E-state index contributed by atoms with van der Waals surface area (Å²) in [5.74, 6) is 1.33. The van der Waals surface area contributed by atoms with Gasteiger partial charge in [0.2, 0.25) is 0 Å². The molecule has 0 amide bonds. The molecule has 0 radical (unpaired) electrons. The molecule has 0 spiro atoms. The maximum Gasteiger partial charge on any atom is 0.303 e. The fourth-order valence-electron chi connectivity index (χ4n) is 5.64. The lowest BCUT2D eigenvalue weighted by Crippen LogP contribution is -2.22. The number of nitrogens with zero attached hydrogens (tertiary/aromatic N) is 1. The molecule has 200 valence electrons. The Hall–Kier alpha value is -3.38. The number of carbonyl (C=O) groups is 1. The Morgan fingerprint density at radius 2 is 1.74 bits per heavy atom. The largest absolute Gasteiger partial charge is 0.497 e. The van der Waals surface area contributed by atoms with E-state index >= 15 is 4.39 Å². The fraction of sp³-hybridized carbons (Fsp3) is 0.406. The smallest absolute Gasteiger partial charge is 0.303 e. The standard InChI is InChI=1S/C32H36FNO4/c1-34(2)32(22-10-11-22)29-15-20(7-13-26(29)28-17-24(37-3)12-14-30(28)33)19-38-25-6-4-5-23(16-25)27(18-31(35)36)21-8-9-21/h4-7,12-17,21-22,27,32H,8-11,18-19H2,1-3H3,(H,35,36)/t27-,32?/m0/s1. The van der Waals surface area contributed by atoms with Crippen LogP contribution < -0.4 is 9.47 Å². The third-order valence-electron chi connectivity index (χ3n) is 7.80. The fourth-order valence-corrected chi connectivity index (χ4v) is 5.64. The Morgan fingerprint density at radius 3 is 2.39 bits per heavy atom. The molecule has 1 unspecified atom stereocenters. The highest BCUT2D eigenvalue weighted by atomic mass is 19.1. The van der Waals surface area contributed by atoms with E-state index in [1.807, 2.05) is 36.4 Å². The topological polar surface area (TPSA) is 59.0 Å². The van der Waals surface area contributed by atoms with Crippen LogP contribution in [0, 0.1) is 17.7 Å². The van der Waals surface area contributed by atoms with Gasteiger partial charge in [-0.2, -0.15) is 0 Å². The number of hydrogen-bond donors (Lipinski definition) is 1. The van der Waals surface area contributed by atoms with E-state index in [-0.39, 0.29) is 24.2 Å². The summed E-state index contributed by atoms with van der Waals surface area (Å²) in [6, 6.07) is 19.0. The summed E-state index contributed by atoms with van der Waals surface area (Å²) in [7, 11) is 5.75. The molecule has 0 heterocycles. The minimum absolute atomic E-state index is 0.0269. The number of methoxy groups -OCH3 is 1. The van der Waals surface area contributed by atoms with Crippen molar-refractivity contribution < 1.29 is 23.8 Å². The van der Waals surface area contributed by atoms with Crippen molar-refractivity contribution in [3.8, 4) is 22.6 Å². The van der Waals surface area contributed by atoms with Crippen molar-refractivity contribution in [1.82, 2.24) is 4.90 Å². The number of halogens is 1. The van der Waals surface area contributed by atoms with Gasteiger partial charge in [0.25, 0.3) is 0 Å². The van der Waals surface area contributed by atoms with Crippen molar-refractivity contribution in [2.45, 2.75) is 50.7 Å². The molecule has 1 N–H and O–H groups in total. The second-order valence-corrected chi connectivity index (χ2v) is 10.9. The summed E-state index contributed by atoms with van der Waals surface area (Å²) in [6.45, 7) is 0.370. The third kappa shape index (κ3) is 6.02. The number of rotatable bonds is 12. The summed E-state index contributed by atoms with van der Waals surface area (Å²) < 4.78 is 26.6. The molecule has 3 aromatic rings. The Bertz CT molecular complexity index is 1300. The molecule has 2 fully saturated rings. The molecule has 3 aromatic carbocycles. The lowest BCUT2D eigenvalue weighted by molar-refractivity contribution is -0.137. The quantitative estimate of drug-likeness (QED) is 0.279. The van der Waals surface area contributed by atoms with Crippen molar-refractivity contribution in [2.24, 2.45) is 11.8 Å². The van der Waals surface area contributed by atoms with E-state index < -0.39 is 5.97 Å². The van der Waals surface area contributed by atoms with Crippen LogP contribution in [0.25, 0.3) is 11.1 Å². The second-order valence-electron chi connectivity index (χ2n) is 10.9. The SMILES string of the molecule is COc1ccc(F)c(-c2ccc(COc3cccc([C@@H](CC(=O)O)C4CC4)c3)cc2C(C2CC2)N(C)C)c1. The zero-order valence-corrected chi connectivity index (χ0v) is 22.3. The van der Waals surface area contributed by atoms with Gasteiger partial charge in [0.15, 0.2) is 0 Å². The molecule has 0 bridgehead atoms. The van der Waals surface area contributed by atoms with Gasteiger partial charge in [-0.1, -0.05) is 30.3 Å². The third-order valence-corrected chi connectivity index (χ3v) is 7.80. The molecule has 38 heavy (non-hydrogen) atoms. The number of hydrogen-bond acceptors (Lipinski definition) is 4. The number of aliphatic carboxylic acids is 1. The molecule has 2 aliphatic rings. The van der Waals surface area contributed by atoms with Crippen LogP contribution in [0.5, 0.6) is 11.5 Å². The summed E-state index contributed by atoms with van der Waals surface area (Å²) >= 11 is 0. The van der Waals surface area contributed by atoms with Crippen molar-refractivity contribution in [2.75, 3.05) is 21.2 Å². The number of ether oxygens (including phenoxy) is 2. The monoisotopic (exact) mass is 517 g/mol. The number of benzene rings is 3. The first-order chi connectivity index (χ1) is 18.3.